The third-order valence-corrected chi connectivity index (χ3v) is 4.98. The Morgan fingerprint density at radius 1 is 0.897 bits per heavy atom. The minimum atomic E-state index is -1.05. The van der Waals surface area contributed by atoms with E-state index in [1.807, 2.05) is 32.0 Å². The molecule has 3 aromatic carbocycles. The first-order chi connectivity index (χ1) is 13.9. The normalized spacial score (nSPS) is 11.6. The fourth-order valence-electron chi connectivity index (χ4n) is 3.08. The van der Waals surface area contributed by atoms with Crippen molar-refractivity contribution in [1.29, 1.82) is 0 Å². The molecule has 0 aliphatic heterocycles. The number of aromatic hydroxyl groups is 1. The van der Waals surface area contributed by atoms with E-state index < -0.39 is 17.9 Å². The summed E-state index contributed by atoms with van der Waals surface area (Å²) < 4.78 is 0. The molecule has 0 fully saturated rings. The Labute approximate surface area is 174 Å². The van der Waals surface area contributed by atoms with Gasteiger partial charge in [0.1, 0.15) is 11.8 Å². The van der Waals surface area contributed by atoms with Gasteiger partial charge >= 0.3 is 0 Å². The monoisotopic (exact) mass is 408 g/mol. The van der Waals surface area contributed by atoms with Gasteiger partial charge in [0.25, 0.3) is 11.8 Å². The van der Waals surface area contributed by atoms with Crippen LogP contribution in [0.4, 0.5) is 5.69 Å². The number of para-hydroxylation sites is 2. The average Bonchev–Trinajstić information content (AvgIpc) is 2.70. The molecule has 2 amide bonds. The maximum atomic E-state index is 13.2. The number of hydrogen-bond donors (Lipinski definition) is 3. The fourth-order valence-corrected chi connectivity index (χ4v) is 3.32. The van der Waals surface area contributed by atoms with Crippen molar-refractivity contribution in [3.8, 4) is 5.75 Å². The van der Waals surface area contributed by atoms with Crippen molar-refractivity contribution in [2.24, 2.45) is 0 Å². The molecule has 0 unspecified atom stereocenters. The van der Waals surface area contributed by atoms with Crippen LogP contribution in [0.3, 0.4) is 0 Å². The third kappa shape index (κ3) is 4.58. The zero-order chi connectivity index (χ0) is 21.0. The standard InChI is InChI=1S/C23H21ClN2O3/c1-14-8-7-9-15(2)20(14)25-23(29)21(16-10-3-5-12-18(16)24)26-22(28)17-11-4-6-13-19(17)27/h3-13,21,27H,1-2H3,(H,25,29)(H,26,28)/t21-/m1/s1. The van der Waals surface area contributed by atoms with E-state index in [0.29, 0.717) is 16.3 Å². The van der Waals surface area contributed by atoms with E-state index in [1.165, 1.54) is 12.1 Å². The molecule has 3 rings (SSSR count). The smallest absolute Gasteiger partial charge is 0.255 e. The summed E-state index contributed by atoms with van der Waals surface area (Å²) in [6.07, 6.45) is 0. The van der Waals surface area contributed by atoms with Crippen LogP contribution in [0.2, 0.25) is 5.02 Å². The lowest BCUT2D eigenvalue weighted by atomic mass is 10.0. The molecule has 3 N–H and O–H groups in total. The van der Waals surface area contributed by atoms with Gasteiger partial charge in [-0.05, 0) is 43.2 Å². The lowest BCUT2D eigenvalue weighted by Gasteiger charge is -2.21. The molecule has 0 heterocycles. The van der Waals surface area contributed by atoms with Crippen LogP contribution >= 0.6 is 11.6 Å². The molecule has 0 aromatic heterocycles. The molecule has 148 valence electrons. The van der Waals surface area contributed by atoms with Crippen LogP contribution < -0.4 is 10.6 Å². The summed E-state index contributed by atoms with van der Waals surface area (Å²) >= 11 is 6.31. The molecular formula is C23H21ClN2O3. The number of anilines is 1. The number of phenols is 1. The summed E-state index contributed by atoms with van der Waals surface area (Å²) in [5, 5.41) is 15.9. The number of amides is 2. The lowest BCUT2D eigenvalue weighted by molar-refractivity contribution is -0.118. The molecular weight excluding hydrogens is 388 g/mol. The lowest BCUT2D eigenvalue weighted by Crippen LogP contribution is -2.37. The molecule has 0 aliphatic carbocycles. The Kier molecular flexibility index (Phi) is 6.20. The van der Waals surface area contributed by atoms with Crippen molar-refractivity contribution >= 4 is 29.1 Å². The predicted octanol–water partition coefficient (Wildman–Crippen LogP) is 4.77. The number of benzene rings is 3. The van der Waals surface area contributed by atoms with Crippen LogP contribution in [0, 0.1) is 13.8 Å². The molecule has 3 aromatic rings. The largest absolute Gasteiger partial charge is 0.507 e. The number of hydrogen-bond acceptors (Lipinski definition) is 3. The number of rotatable bonds is 5. The molecule has 0 radical (unpaired) electrons. The second-order valence-corrected chi connectivity index (χ2v) is 7.11. The maximum Gasteiger partial charge on any atom is 0.255 e. The highest BCUT2D eigenvalue weighted by molar-refractivity contribution is 6.31. The highest BCUT2D eigenvalue weighted by atomic mass is 35.5. The van der Waals surface area contributed by atoms with E-state index in [-0.39, 0.29) is 11.3 Å². The quantitative estimate of drug-likeness (QED) is 0.568. The van der Waals surface area contributed by atoms with Crippen molar-refractivity contribution in [2.45, 2.75) is 19.9 Å². The minimum Gasteiger partial charge on any atom is -0.507 e. The van der Waals surface area contributed by atoms with Gasteiger partial charge in [0.05, 0.1) is 5.56 Å². The molecule has 0 saturated carbocycles. The van der Waals surface area contributed by atoms with E-state index in [0.717, 1.165) is 11.1 Å². The summed E-state index contributed by atoms with van der Waals surface area (Å²) in [5.74, 6) is -1.18. The van der Waals surface area contributed by atoms with Crippen molar-refractivity contribution in [2.75, 3.05) is 5.32 Å². The Hall–Kier alpha value is -3.31. The van der Waals surface area contributed by atoms with Gasteiger partial charge in [0.2, 0.25) is 0 Å². The molecule has 0 saturated heterocycles. The summed E-state index contributed by atoms with van der Waals surface area (Å²) in [7, 11) is 0. The second-order valence-electron chi connectivity index (χ2n) is 6.70. The fraction of sp³-hybridized carbons (Fsp3) is 0.130. The van der Waals surface area contributed by atoms with Gasteiger partial charge in [-0.1, -0.05) is 60.1 Å². The minimum absolute atomic E-state index is 0.0735. The van der Waals surface area contributed by atoms with Gasteiger partial charge < -0.3 is 15.7 Å². The second kappa shape index (κ2) is 8.80. The molecule has 0 aliphatic rings. The van der Waals surface area contributed by atoms with Crippen LogP contribution in [0.25, 0.3) is 0 Å². The van der Waals surface area contributed by atoms with Gasteiger partial charge in [-0.25, -0.2) is 0 Å². The first kappa shape index (κ1) is 20.4. The highest BCUT2D eigenvalue weighted by Crippen LogP contribution is 2.27. The zero-order valence-electron chi connectivity index (χ0n) is 16.1. The predicted molar refractivity (Wildman–Crippen MR) is 114 cm³/mol. The van der Waals surface area contributed by atoms with Crippen LogP contribution in [0.1, 0.15) is 33.1 Å². The Balaban J connectivity index is 1.95. The van der Waals surface area contributed by atoms with Gasteiger partial charge in [-0.3, -0.25) is 9.59 Å². The van der Waals surface area contributed by atoms with Crippen molar-refractivity contribution in [3.63, 3.8) is 0 Å². The molecule has 6 heteroatoms. The Bertz CT molecular complexity index is 1050. The van der Waals surface area contributed by atoms with Crippen LogP contribution in [-0.4, -0.2) is 16.9 Å². The molecule has 0 bridgehead atoms. The van der Waals surface area contributed by atoms with E-state index in [4.69, 9.17) is 11.6 Å². The molecule has 5 nitrogen and oxygen atoms in total. The van der Waals surface area contributed by atoms with Crippen molar-refractivity contribution in [3.05, 3.63) is 94.0 Å². The zero-order valence-corrected chi connectivity index (χ0v) is 16.8. The van der Waals surface area contributed by atoms with E-state index in [9.17, 15) is 14.7 Å². The number of aryl methyl sites for hydroxylation is 2. The number of carbonyl (C=O) groups excluding carboxylic acids is 2. The van der Waals surface area contributed by atoms with E-state index in [1.54, 1.807) is 36.4 Å². The van der Waals surface area contributed by atoms with Gasteiger partial charge in [0, 0.05) is 16.3 Å². The van der Waals surface area contributed by atoms with Crippen LogP contribution in [0.15, 0.2) is 66.7 Å². The first-order valence-electron chi connectivity index (χ1n) is 9.09. The summed E-state index contributed by atoms with van der Waals surface area (Å²) in [6, 6.07) is 17.6. The Morgan fingerprint density at radius 2 is 1.52 bits per heavy atom. The Morgan fingerprint density at radius 3 is 2.17 bits per heavy atom. The van der Waals surface area contributed by atoms with Gasteiger partial charge in [-0.2, -0.15) is 0 Å². The SMILES string of the molecule is Cc1cccc(C)c1NC(=O)[C@H](NC(=O)c1ccccc1O)c1ccccc1Cl. The first-order valence-corrected chi connectivity index (χ1v) is 9.46. The highest BCUT2D eigenvalue weighted by Gasteiger charge is 2.27. The summed E-state index contributed by atoms with van der Waals surface area (Å²) in [5.41, 5.74) is 3.03. The van der Waals surface area contributed by atoms with Crippen LogP contribution in [-0.2, 0) is 4.79 Å². The summed E-state index contributed by atoms with van der Waals surface area (Å²) in [6.45, 7) is 3.79. The molecule has 0 spiro atoms. The van der Waals surface area contributed by atoms with E-state index in [2.05, 4.69) is 10.6 Å². The van der Waals surface area contributed by atoms with Crippen molar-refractivity contribution in [1.82, 2.24) is 5.32 Å². The molecule has 29 heavy (non-hydrogen) atoms. The maximum absolute atomic E-state index is 13.2. The molecule has 1 atom stereocenters. The third-order valence-electron chi connectivity index (χ3n) is 4.63. The van der Waals surface area contributed by atoms with Gasteiger partial charge in [0.15, 0.2) is 0 Å². The topological polar surface area (TPSA) is 78.4 Å². The number of carbonyl (C=O) groups is 2. The average molecular weight is 409 g/mol. The number of phenolic OH excluding ortho intramolecular Hbond substituents is 1. The number of halogens is 1. The van der Waals surface area contributed by atoms with E-state index >= 15 is 0 Å². The van der Waals surface area contributed by atoms with Gasteiger partial charge in [-0.15, -0.1) is 0 Å². The van der Waals surface area contributed by atoms with Crippen molar-refractivity contribution < 1.29 is 14.7 Å². The number of nitrogens with one attached hydrogen (secondary N) is 2. The van der Waals surface area contributed by atoms with Crippen LogP contribution in [0.5, 0.6) is 5.75 Å². The summed E-state index contributed by atoms with van der Waals surface area (Å²) in [4.78, 5) is 25.9.